The van der Waals surface area contributed by atoms with Crippen molar-refractivity contribution >= 4 is 17.4 Å². The van der Waals surface area contributed by atoms with Gasteiger partial charge in [0.05, 0.1) is 0 Å². The lowest BCUT2D eigenvalue weighted by Crippen LogP contribution is -2.07. The fourth-order valence-corrected chi connectivity index (χ4v) is 1.78. The molecule has 1 N–H and O–H groups in total. The number of hydrogen-bond donors (Lipinski definition) is 1. The van der Waals surface area contributed by atoms with Crippen molar-refractivity contribution in [1.82, 2.24) is 10.2 Å². The minimum absolute atomic E-state index is 0.201. The molecule has 0 saturated heterocycles. The maximum Gasteiger partial charge on any atom is 0.151 e. The van der Waals surface area contributed by atoms with Gasteiger partial charge in [-0.2, -0.15) is 0 Å². The quantitative estimate of drug-likeness (QED) is 0.922. The lowest BCUT2D eigenvalue weighted by molar-refractivity contribution is 0.625. The van der Waals surface area contributed by atoms with Gasteiger partial charge in [0.15, 0.2) is 5.15 Å². The molecule has 0 atom stereocenters. The molecule has 0 bridgehead atoms. The zero-order chi connectivity index (χ0) is 13.0. The molecule has 0 unspecified atom stereocenters. The van der Waals surface area contributed by atoms with E-state index in [1.807, 2.05) is 6.92 Å². The molecule has 0 aliphatic rings. The number of anilines is 1. The van der Waals surface area contributed by atoms with Crippen LogP contribution >= 0.6 is 11.6 Å². The highest BCUT2D eigenvalue weighted by atomic mass is 35.5. The maximum absolute atomic E-state index is 12.9. The molecule has 0 amide bonds. The number of benzene rings is 1. The zero-order valence-corrected chi connectivity index (χ0v) is 10.7. The third-order valence-electron chi connectivity index (χ3n) is 2.64. The van der Waals surface area contributed by atoms with Crippen LogP contribution in [0.1, 0.15) is 11.1 Å². The summed E-state index contributed by atoms with van der Waals surface area (Å²) in [7, 11) is 0. The number of rotatable bonds is 4. The Bertz CT molecular complexity index is 528. The molecule has 0 aliphatic heterocycles. The molecule has 1 aromatic heterocycles. The number of nitrogens with one attached hydrogen (secondary N) is 1. The van der Waals surface area contributed by atoms with E-state index in [9.17, 15) is 4.39 Å². The summed E-state index contributed by atoms with van der Waals surface area (Å²) in [5.74, 6) is 0.479. The Morgan fingerprint density at radius 2 is 2.06 bits per heavy atom. The fourth-order valence-electron chi connectivity index (χ4n) is 1.68. The predicted octanol–water partition coefficient (Wildman–Crippen LogP) is 3.23. The summed E-state index contributed by atoms with van der Waals surface area (Å²) < 4.78 is 12.9. The van der Waals surface area contributed by atoms with Gasteiger partial charge in [0.2, 0.25) is 0 Å². The van der Waals surface area contributed by atoms with E-state index in [4.69, 9.17) is 11.6 Å². The monoisotopic (exact) mass is 265 g/mol. The smallest absolute Gasteiger partial charge is 0.151 e. The molecule has 5 heteroatoms. The third-order valence-corrected chi connectivity index (χ3v) is 2.84. The van der Waals surface area contributed by atoms with E-state index in [0.717, 1.165) is 17.5 Å². The van der Waals surface area contributed by atoms with Gasteiger partial charge in [0.1, 0.15) is 11.6 Å². The van der Waals surface area contributed by atoms with Crippen LogP contribution in [-0.2, 0) is 6.42 Å². The minimum Gasteiger partial charge on any atom is -0.368 e. The number of hydrogen-bond acceptors (Lipinski definition) is 3. The van der Waals surface area contributed by atoms with E-state index >= 15 is 0 Å². The van der Waals surface area contributed by atoms with Crippen molar-refractivity contribution in [3.8, 4) is 0 Å². The van der Waals surface area contributed by atoms with Gasteiger partial charge >= 0.3 is 0 Å². The summed E-state index contributed by atoms with van der Waals surface area (Å²) >= 11 is 5.64. The lowest BCUT2D eigenvalue weighted by Gasteiger charge is -2.07. The Morgan fingerprint density at radius 3 is 2.72 bits per heavy atom. The van der Waals surface area contributed by atoms with Crippen molar-refractivity contribution in [1.29, 1.82) is 0 Å². The van der Waals surface area contributed by atoms with E-state index in [0.29, 0.717) is 17.5 Å². The van der Waals surface area contributed by atoms with Crippen molar-refractivity contribution in [2.45, 2.75) is 13.3 Å². The van der Waals surface area contributed by atoms with Crippen LogP contribution in [0.15, 0.2) is 30.3 Å². The largest absolute Gasteiger partial charge is 0.368 e. The normalized spacial score (nSPS) is 10.4. The summed E-state index contributed by atoms with van der Waals surface area (Å²) in [5, 5.41) is 11.1. The van der Waals surface area contributed by atoms with Crippen LogP contribution in [0.5, 0.6) is 0 Å². The SMILES string of the molecule is Cc1cc(F)ccc1CCNc1ccc(Cl)nn1. The van der Waals surface area contributed by atoms with Gasteiger partial charge in [-0.3, -0.25) is 0 Å². The van der Waals surface area contributed by atoms with Crippen molar-refractivity contribution in [2.24, 2.45) is 0 Å². The van der Waals surface area contributed by atoms with Crippen LogP contribution in [0.25, 0.3) is 0 Å². The molecule has 1 aromatic carbocycles. The average Bonchev–Trinajstić information content (AvgIpc) is 2.34. The highest BCUT2D eigenvalue weighted by Crippen LogP contribution is 2.11. The van der Waals surface area contributed by atoms with Crippen LogP contribution in [-0.4, -0.2) is 16.7 Å². The molecule has 0 aliphatic carbocycles. The number of aryl methyl sites for hydroxylation is 1. The summed E-state index contributed by atoms with van der Waals surface area (Å²) in [5.41, 5.74) is 2.07. The van der Waals surface area contributed by atoms with Gasteiger partial charge < -0.3 is 5.32 Å². The first kappa shape index (κ1) is 12.8. The molecular formula is C13H13ClFN3. The van der Waals surface area contributed by atoms with Crippen LogP contribution in [0.3, 0.4) is 0 Å². The molecule has 1 heterocycles. The minimum atomic E-state index is -0.201. The van der Waals surface area contributed by atoms with E-state index in [1.165, 1.54) is 12.1 Å². The van der Waals surface area contributed by atoms with Crippen molar-refractivity contribution in [2.75, 3.05) is 11.9 Å². The lowest BCUT2D eigenvalue weighted by atomic mass is 10.1. The van der Waals surface area contributed by atoms with Gasteiger partial charge in [0, 0.05) is 6.54 Å². The van der Waals surface area contributed by atoms with Crippen LogP contribution in [0.2, 0.25) is 5.15 Å². The summed E-state index contributed by atoms with van der Waals surface area (Å²) in [6.07, 6.45) is 0.802. The molecule has 18 heavy (non-hydrogen) atoms. The summed E-state index contributed by atoms with van der Waals surface area (Å²) in [6.45, 7) is 2.61. The van der Waals surface area contributed by atoms with Crippen LogP contribution in [0.4, 0.5) is 10.2 Å². The molecular weight excluding hydrogens is 253 g/mol. The average molecular weight is 266 g/mol. The summed E-state index contributed by atoms with van der Waals surface area (Å²) in [4.78, 5) is 0. The Balaban J connectivity index is 1.90. The van der Waals surface area contributed by atoms with E-state index < -0.39 is 0 Å². The van der Waals surface area contributed by atoms with E-state index in [-0.39, 0.29) is 5.82 Å². The Labute approximate surface area is 110 Å². The van der Waals surface area contributed by atoms with Gasteiger partial charge in [-0.25, -0.2) is 4.39 Å². The van der Waals surface area contributed by atoms with Crippen LogP contribution < -0.4 is 5.32 Å². The number of halogens is 2. The first-order chi connectivity index (χ1) is 8.65. The maximum atomic E-state index is 12.9. The summed E-state index contributed by atoms with van der Waals surface area (Å²) in [6, 6.07) is 8.27. The molecule has 0 radical (unpaired) electrons. The molecule has 3 nitrogen and oxygen atoms in total. The van der Waals surface area contributed by atoms with Gasteiger partial charge in [0.25, 0.3) is 0 Å². The second-order valence-corrected chi connectivity index (χ2v) is 4.38. The van der Waals surface area contributed by atoms with E-state index in [1.54, 1.807) is 18.2 Å². The van der Waals surface area contributed by atoms with Crippen molar-refractivity contribution < 1.29 is 4.39 Å². The van der Waals surface area contributed by atoms with Crippen LogP contribution in [0, 0.1) is 12.7 Å². The Kier molecular flexibility index (Phi) is 4.10. The van der Waals surface area contributed by atoms with Gasteiger partial charge in [-0.05, 0) is 48.7 Å². The highest BCUT2D eigenvalue weighted by Gasteiger charge is 2.00. The third kappa shape index (κ3) is 3.40. The van der Waals surface area contributed by atoms with Crippen molar-refractivity contribution in [3.63, 3.8) is 0 Å². The van der Waals surface area contributed by atoms with Crippen molar-refractivity contribution in [3.05, 3.63) is 52.4 Å². The Morgan fingerprint density at radius 1 is 1.22 bits per heavy atom. The molecule has 2 rings (SSSR count). The molecule has 94 valence electrons. The van der Waals surface area contributed by atoms with Gasteiger partial charge in [-0.1, -0.05) is 17.7 Å². The molecule has 0 spiro atoms. The standard InChI is InChI=1S/C13H13ClFN3/c1-9-8-11(15)3-2-10(9)6-7-16-13-5-4-12(14)17-18-13/h2-5,8H,6-7H2,1H3,(H,16,18). The van der Waals surface area contributed by atoms with E-state index in [2.05, 4.69) is 15.5 Å². The fraction of sp³-hybridized carbons (Fsp3) is 0.231. The van der Waals surface area contributed by atoms with Gasteiger partial charge in [-0.15, -0.1) is 10.2 Å². The topological polar surface area (TPSA) is 37.8 Å². The highest BCUT2D eigenvalue weighted by molar-refractivity contribution is 6.29. The molecule has 0 saturated carbocycles. The number of nitrogens with zero attached hydrogens (tertiary/aromatic N) is 2. The number of aromatic nitrogens is 2. The Hall–Kier alpha value is -1.68. The first-order valence-electron chi connectivity index (χ1n) is 5.63. The first-order valence-corrected chi connectivity index (χ1v) is 6.01. The second-order valence-electron chi connectivity index (χ2n) is 3.99. The second kappa shape index (κ2) is 5.78. The predicted molar refractivity (Wildman–Crippen MR) is 70.4 cm³/mol. The molecule has 2 aromatic rings. The zero-order valence-electron chi connectivity index (χ0n) is 9.95. The molecule has 0 fully saturated rings.